The standard InChI is InChI=1S/C14H28N2O3/c1-6-9-16(10-7-2)14(18)15-12(11(4)8-3)13(17)19-5/h11-12H,6-10H2,1-5H3,(H,15,18). The summed E-state index contributed by atoms with van der Waals surface area (Å²) in [5.74, 6) is -0.322. The number of carbonyl (C=O) groups excluding carboxylic acids is 2. The van der Waals surface area contributed by atoms with E-state index in [1.165, 1.54) is 7.11 Å². The fourth-order valence-electron chi connectivity index (χ4n) is 1.88. The number of nitrogens with zero attached hydrogens (tertiary/aromatic N) is 1. The zero-order valence-electron chi connectivity index (χ0n) is 12.9. The molecule has 19 heavy (non-hydrogen) atoms. The number of esters is 1. The summed E-state index contributed by atoms with van der Waals surface area (Å²) in [6.45, 7) is 9.39. The molecule has 0 bridgehead atoms. The SMILES string of the molecule is CCCN(CCC)C(=O)NC(C(=O)OC)C(C)CC. The Kier molecular flexibility index (Phi) is 9.00. The minimum Gasteiger partial charge on any atom is -0.467 e. The number of methoxy groups -OCH3 is 1. The molecule has 0 aliphatic rings. The van der Waals surface area contributed by atoms with E-state index < -0.39 is 6.04 Å². The van der Waals surface area contributed by atoms with Crippen molar-refractivity contribution in [3.05, 3.63) is 0 Å². The second-order valence-corrected chi connectivity index (χ2v) is 4.82. The van der Waals surface area contributed by atoms with E-state index in [4.69, 9.17) is 4.74 Å². The van der Waals surface area contributed by atoms with Crippen LogP contribution < -0.4 is 5.32 Å². The molecule has 0 aliphatic carbocycles. The summed E-state index contributed by atoms with van der Waals surface area (Å²) in [5, 5.41) is 2.80. The van der Waals surface area contributed by atoms with Crippen LogP contribution in [0.15, 0.2) is 0 Å². The van der Waals surface area contributed by atoms with Crippen LogP contribution in [-0.4, -0.2) is 43.1 Å². The first kappa shape index (κ1) is 17.7. The number of amides is 2. The second-order valence-electron chi connectivity index (χ2n) is 4.82. The second kappa shape index (κ2) is 9.64. The lowest BCUT2D eigenvalue weighted by atomic mass is 9.99. The van der Waals surface area contributed by atoms with Crippen LogP contribution in [0.3, 0.4) is 0 Å². The number of nitrogens with one attached hydrogen (secondary N) is 1. The quantitative estimate of drug-likeness (QED) is 0.690. The minimum atomic E-state index is -0.571. The maximum Gasteiger partial charge on any atom is 0.328 e. The lowest BCUT2D eigenvalue weighted by molar-refractivity contribution is -0.144. The third kappa shape index (κ3) is 5.94. The molecule has 5 nitrogen and oxygen atoms in total. The van der Waals surface area contributed by atoms with E-state index in [2.05, 4.69) is 5.32 Å². The van der Waals surface area contributed by atoms with Gasteiger partial charge in [-0.1, -0.05) is 34.1 Å². The predicted molar refractivity (Wildman–Crippen MR) is 75.9 cm³/mol. The molecule has 0 aromatic heterocycles. The van der Waals surface area contributed by atoms with Gasteiger partial charge in [0.2, 0.25) is 0 Å². The maximum atomic E-state index is 12.2. The lowest BCUT2D eigenvalue weighted by Crippen LogP contribution is -2.51. The molecule has 112 valence electrons. The van der Waals surface area contributed by atoms with Gasteiger partial charge in [0.1, 0.15) is 6.04 Å². The Morgan fingerprint density at radius 1 is 1.16 bits per heavy atom. The minimum absolute atomic E-state index is 0.0569. The highest BCUT2D eigenvalue weighted by Gasteiger charge is 2.28. The van der Waals surface area contributed by atoms with Gasteiger partial charge >= 0.3 is 12.0 Å². The third-order valence-electron chi connectivity index (χ3n) is 3.22. The molecule has 1 N–H and O–H groups in total. The fraction of sp³-hybridized carbons (Fsp3) is 0.857. The Bertz CT molecular complexity index is 276. The van der Waals surface area contributed by atoms with E-state index in [1.807, 2.05) is 27.7 Å². The van der Waals surface area contributed by atoms with Gasteiger partial charge in [0.05, 0.1) is 7.11 Å². The zero-order chi connectivity index (χ0) is 14.8. The smallest absolute Gasteiger partial charge is 0.328 e. The van der Waals surface area contributed by atoms with Gasteiger partial charge in [-0.3, -0.25) is 0 Å². The highest BCUT2D eigenvalue weighted by Crippen LogP contribution is 2.10. The Morgan fingerprint density at radius 2 is 1.68 bits per heavy atom. The van der Waals surface area contributed by atoms with Crippen molar-refractivity contribution in [3.63, 3.8) is 0 Å². The fourth-order valence-corrected chi connectivity index (χ4v) is 1.88. The monoisotopic (exact) mass is 272 g/mol. The van der Waals surface area contributed by atoms with Crippen molar-refractivity contribution < 1.29 is 14.3 Å². The molecule has 0 aliphatic heterocycles. The van der Waals surface area contributed by atoms with Gasteiger partial charge in [-0.25, -0.2) is 9.59 Å². The number of hydrogen-bond acceptors (Lipinski definition) is 3. The largest absolute Gasteiger partial charge is 0.467 e. The van der Waals surface area contributed by atoms with Crippen molar-refractivity contribution in [2.75, 3.05) is 20.2 Å². The summed E-state index contributed by atoms with van der Waals surface area (Å²) >= 11 is 0. The van der Waals surface area contributed by atoms with Crippen molar-refractivity contribution in [2.24, 2.45) is 5.92 Å². The molecular weight excluding hydrogens is 244 g/mol. The van der Waals surface area contributed by atoms with Crippen LogP contribution in [0.1, 0.15) is 47.0 Å². The number of ether oxygens (including phenoxy) is 1. The average Bonchev–Trinajstić information content (AvgIpc) is 2.42. The van der Waals surface area contributed by atoms with E-state index in [0.29, 0.717) is 13.1 Å². The molecule has 0 aromatic carbocycles. The van der Waals surface area contributed by atoms with Gasteiger partial charge in [-0.15, -0.1) is 0 Å². The topological polar surface area (TPSA) is 58.6 Å². The molecule has 2 atom stereocenters. The van der Waals surface area contributed by atoms with Crippen LogP contribution in [0.25, 0.3) is 0 Å². The zero-order valence-corrected chi connectivity index (χ0v) is 12.9. The third-order valence-corrected chi connectivity index (χ3v) is 3.22. The van der Waals surface area contributed by atoms with Gasteiger partial charge in [-0.2, -0.15) is 0 Å². The number of carbonyl (C=O) groups is 2. The van der Waals surface area contributed by atoms with Crippen molar-refractivity contribution in [3.8, 4) is 0 Å². The Labute approximate surface area is 116 Å². The highest BCUT2D eigenvalue weighted by molar-refractivity contribution is 5.83. The molecular formula is C14H28N2O3. The molecule has 2 unspecified atom stereocenters. The van der Waals surface area contributed by atoms with E-state index in [9.17, 15) is 9.59 Å². The van der Waals surface area contributed by atoms with Crippen LogP contribution in [0.5, 0.6) is 0 Å². The summed E-state index contributed by atoms with van der Waals surface area (Å²) in [5.41, 5.74) is 0. The van der Waals surface area contributed by atoms with E-state index >= 15 is 0 Å². The van der Waals surface area contributed by atoms with Crippen LogP contribution in [0, 0.1) is 5.92 Å². The van der Waals surface area contributed by atoms with Gasteiger partial charge in [0.25, 0.3) is 0 Å². The van der Waals surface area contributed by atoms with Gasteiger partial charge in [0.15, 0.2) is 0 Å². The lowest BCUT2D eigenvalue weighted by Gasteiger charge is -2.27. The summed E-state index contributed by atoms with van der Waals surface area (Å²) in [6.07, 6.45) is 2.61. The number of hydrogen-bond donors (Lipinski definition) is 1. The Hall–Kier alpha value is -1.26. The van der Waals surface area contributed by atoms with Crippen LogP contribution in [0.4, 0.5) is 4.79 Å². The van der Waals surface area contributed by atoms with Crippen LogP contribution in [-0.2, 0) is 9.53 Å². The van der Waals surface area contributed by atoms with Crippen LogP contribution in [0.2, 0.25) is 0 Å². The van der Waals surface area contributed by atoms with Crippen molar-refractivity contribution in [1.82, 2.24) is 10.2 Å². The summed E-state index contributed by atoms with van der Waals surface area (Å²) in [4.78, 5) is 25.7. The molecule has 5 heteroatoms. The van der Waals surface area contributed by atoms with E-state index in [1.54, 1.807) is 4.90 Å². The molecule has 0 saturated carbocycles. The van der Waals surface area contributed by atoms with Gasteiger partial charge in [-0.05, 0) is 18.8 Å². The normalized spacial score (nSPS) is 13.5. The molecule has 0 fully saturated rings. The summed E-state index contributed by atoms with van der Waals surface area (Å²) in [7, 11) is 1.35. The van der Waals surface area contributed by atoms with Crippen molar-refractivity contribution >= 4 is 12.0 Å². The van der Waals surface area contributed by atoms with Crippen molar-refractivity contribution in [1.29, 1.82) is 0 Å². The first-order chi connectivity index (χ1) is 9.01. The Morgan fingerprint density at radius 3 is 2.05 bits per heavy atom. The summed E-state index contributed by atoms with van der Waals surface area (Å²) < 4.78 is 4.76. The van der Waals surface area contributed by atoms with E-state index in [0.717, 1.165) is 19.3 Å². The molecule has 0 rings (SSSR count). The molecule has 0 heterocycles. The molecule has 2 amide bonds. The van der Waals surface area contributed by atoms with Gasteiger partial charge in [0, 0.05) is 13.1 Å². The molecule has 0 saturated heterocycles. The highest BCUT2D eigenvalue weighted by atomic mass is 16.5. The van der Waals surface area contributed by atoms with Gasteiger partial charge < -0.3 is 15.0 Å². The predicted octanol–water partition coefficient (Wildman–Crippen LogP) is 2.41. The van der Waals surface area contributed by atoms with Crippen LogP contribution >= 0.6 is 0 Å². The first-order valence-corrected chi connectivity index (χ1v) is 7.14. The number of rotatable bonds is 8. The molecule has 0 spiro atoms. The Balaban J connectivity index is 4.71. The average molecular weight is 272 g/mol. The number of urea groups is 1. The van der Waals surface area contributed by atoms with E-state index in [-0.39, 0.29) is 17.9 Å². The summed E-state index contributed by atoms with van der Waals surface area (Å²) in [6, 6.07) is -0.752. The van der Waals surface area contributed by atoms with Crippen molar-refractivity contribution in [2.45, 2.75) is 53.0 Å². The maximum absolute atomic E-state index is 12.2. The molecule has 0 aromatic rings. The molecule has 0 radical (unpaired) electrons. The first-order valence-electron chi connectivity index (χ1n) is 7.14.